The van der Waals surface area contributed by atoms with Crippen LogP contribution in [0.2, 0.25) is 5.02 Å². The average Bonchev–Trinajstić information content (AvgIpc) is 2.92. The molecule has 7 heteroatoms. The summed E-state index contributed by atoms with van der Waals surface area (Å²) in [7, 11) is 0. The van der Waals surface area contributed by atoms with Crippen molar-refractivity contribution in [2.45, 2.75) is 0 Å². The van der Waals surface area contributed by atoms with Gasteiger partial charge in [0.2, 0.25) is 5.13 Å². The van der Waals surface area contributed by atoms with Crippen LogP contribution < -0.4 is 11.2 Å². The number of hydrogen-bond donors (Lipinski definition) is 1. The Morgan fingerprint density at radius 3 is 2.73 bits per heavy atom. The van der Waals surface area contributed by atoms with Gasteiger partial charge in [0.15, 0.2) is 0 Å². The summed E-state index contributed by atoms with van der Waals surface area (Å²) in [4.78, 5) is 31.9. The van der Waals surface area contributed by atoms with Crippen LogP contribution in [0.3, 0.4) is 0 Å². The topological polar surface area (TPSA) is 67.8 Å². The maximum atomic E-state index is 12.6. The average molecular weight is 330 g/mol. The standard InChI is InChI=1S/C15H8ClN3O2S/c16-9-5-3-7-11-12(9)18-15(22-11)19-13(20)8-4-1-2-6-10(8)17-14(19)21/h1-7H,(H,17,21). The van der Waals surface area contributed by atoms with Crippen LogP contribution in [0.1, 0.15) is 0 Å². The molecule has 1 N–H and O–H groups in total. The van der Waals surface area contributed by atoms with E-state index in [1.165, 1.54) is 11.3 Å². The molecule has 22 heavy (non-hydrogen) atoms. The maximum Gasteiger partial charge on any atom is 0.335 e. The van der Waals surface area contributed by atoms with Gasteiger partial charge in [0.05, 0.1) is 20.6 Å². The van der Waals surface area contributed by atoms with Gasteiger partial charge in [-0.3, -0.25) is 4.79 Å². The number of rotatable bonds is 1. The van der Waals surface area contributed by atoms with E-state index in [0.717, 1.165) is 9.27 Å². The third-order valence-electron chi connectivity index (χ3n) is 3.36. The van der Waals surface area contributed by atoms with Crippen LogP contribution in [0.4, 0.5) is 0 Å². The predicted octanol–water partition coefficient (Wildman–Crippen LogP) is 2.94. The smallest absolute Gasteiger partial charge is 0.306 e. The monoisotopic (exact) mass is 329 g/mol. The number of para-hydroxylation sites is 2. The Morgan fingerprint density at radius 1 is 1.09 bits per heavy atom. The number of hydrogen-bond acceptors (Lipinski definition) is 4. The molecule has 0 amide bonds. The highest BCUT2D eigenvalue weighted by atomic mass is 35.5. The molecule has 108 valence electrons. The normalized spacial score (nSPS) is 11.3. The SMILES string of the molecule is O=c1[nH]c2ccccc2c(=O)n1-c1nc2c(Cl)cccc2s1. The van der Waals surface area contributed by atoms with Crippen LogP contribution >= 0.6 is 22.9 Å². The summed E-state index contributed by atoms with van der Waals surface area (Å²) < 4.78 is 1.87. The quantitative estimate of drug-likeness (QED) is 0.584. The minimum Gasteiger partial charge on any atom is -0.306 e. The molecule has 4 rings (SSSR count). The van der Waals surface area contributed by atoms with Crippen LogP contribution in [0.25, 0.3) is 26.3 Å². The molecule has 4 aromatic rings. The summed E-state index contributed by atoms with van der Waals surface area (Å²) in [5.74, 6) is 0. The van der Waals surface area contributed by atoms with Gasteiger partial charge in [-0.05, 0) is 24.3 Å². The predicted molar refractivity (Wildman–Crippen MR) is 88.4 cm³/mol. The first-order valence-electron chi connectivity index (χ1n) is 6.44. The van der Waals surface area contributed by atoms with E-state index < -0.39 is 11.2 Å². The van der Waals surface area contributed by atoms with Crippen molar-refractivity contribution in [1.29, 1.82) is 0 Å². The number of aromatic nitrogens is 3. The molecule has 5 nitrogen and oxygen atoms in total. The molecule has 2 heterocycles. The van der Waals surface area contributed by atoms with E-state index in [1.54, 1.807) is 36.4 Å². The van der Waals surface area contributed by atoms with Gasteiger partial charge in [-0.25, -0.2) is 14.3 Å². The van der Waals surface area contributed by atoms with Gasteiger partial charge in [-0.15, -0.1) is 0 Å². The molecular formula is C15H8ClN3O2S. The summed E-state index contributed by atoms with van der Waals surface area (Å²) in [5.41, 5.74) is 0.185. The Hall–Kier alpha value is -2.44. The summed E-state index contributed by atoms with van der Waals surface area (Å²) in [5, 5.41) is 1.23. The lowest BCUT2D eigenvalue weighted by Gasteiger charge is -2.02. The number of nitrogens with zero attached hydrogens (tertiary/aromatic N) is 2. The van der Waals surface area contributed by atoms with Gasteiger partial charge < -0.3 is 4.98 Å². The van der Waals surface area contributed by atoms with Gasteiger partial charge in [-0.2, -0.15) is 0 Å². The van der Waals surface area contributed by atoms with Crippen molar-refractivity contribution in [3.8, 4) is 5.13 Å². The lowest BCUT2D eigenvalue weighted by atomic mass is 10.2. The van der Waals surface area contributed by atoms with Crippen LogP contribution in [-0.2, 0) is 0 Å². The van der Waals surface area contributed by atoms with E-state index in [1.807, 2.05) is 6.07 Å². The second-order valence-corrected chi connectivity index (χ2v) is 6.12. The molecule has 0 saturated carbocycles. The zero-order valence-corrected chi connectivity index (χ0v) is 12.6. The van der Waals surface area contributed by atoms with Crippen molar-refractivity contribution in [3.63, 3.8) is 0 Å². The van der Waals surface area contributed by atoms with Crippen molar-refractivity contribution in [2.75, 3.05) is 0 Å². The fourth-order valence-electron chi connectivity index (χ4n) is 2.34. The zero-order chi connectivity index (χ0) is 15.3. The first kappa shape index (κ1) is 13.2. The summed E-state index contributed by atoms with van der Waals surface area (Å²) in [6.07, 6.45) is 0. The third-order valence-corrected chi connectivity index (χ3v) is 4.67. The van der Waals surface area contributed by atoms with Crippen molar-refractivity contribution >= 4 is 44.1 Å². The van der Waals surface area contributed by atoms with Crippen molar-refractivity contribution in [2.24, 2.45) is 0 Å². The number of aromatic amines is 1. The van der Waals surface area contributed by atoms with Gasteiger partial charge in [0.25, 0.3) is 5.56 Å². The maximum absolute atomic E-state index is 12.6. The molecule has 0 aliphatic carbocycles. The third kappa shape index (κ3) is 1.88. The Kier molecular flexibility index (Phi) is 2.88. The number of benzene rings is 2. The molecule has 0 unspecified atom stereocenters. The highest BCUT2D eigenvalue weighted by Gasteiger charge is 2.14. The van der Waals surface area contributed by atoms with Crippen LogP contribution in [0.15, 0.2) is 52.1 Å². The number of fused-ring (bicyclic) bond motifs is 2. The van der Waals surface area contributed by atoms with Gasteiger partial charge in [-0.1, -0.05) is 41.1 Å². The number of halogens is 1. The first-order valence-corrected chi connectivity index (χ1v) is 7.64. The molecule has 0 bridgehead atoms. The molecule has 2 aromatic heterocycles. The minimum atomic E-state index is -0.515. The number of thiazole rings is 1. The summed E-state index contributed by atoms with van der Waals surface area (Å²) in [6.45, 7) is 0. The van der Waals surface area contributed by atoms with E-state index in [9.17, 15) is 9.59 Å². The lowest BCUT2D eigenvalue weighted by molar-refractivity contribution is 0.894. The van der Waals surface area contributed by atoms with Crippen LogP contribution in [0, 0.1) is 0 Å². The van der Waals surface area contributed by atoms with Crippen molar-refractivity contribution in [1.82, 2.24) is 14.5 Å². The highest BCUT2D eigenvalue weighted by molar-refractivity contribution is 7.20. The van der Waals surface area contributed by atoms with Crippen molar-refractivity contribution < 1.29 is 0 Å². The Morgan fingerprint density at radius 2 is 1.91 bits per heavy atom. The number of H-pyrrole nitrogens is 1. The second kappa shape index (κ2) is 4.79. The van der Waals surface area contributed by atoms with E-state index in [2.05, 4.69) is 9.97 Å². The van der Waals surface area contributed by atoms with Gasteiger partial charge in [0, 0.05) is 0 Å². The zero-order valence-electron chi connectivity index (χ0n) is 11.0. The van der Waals surface area contributed by atoms with Crippen molar-refractivity contribution in [3.05, 3.63) is 68.3 Å². The van der Waals surface area contributed by atoms with Gasteiger partial charge in [0.1, 0.15) is 5.52 Å². The Labute approximate surface area is 132 Å². The fourth-order valence-corrected chi connectivity index (χ4v) is 3.60. The Bertz CT molecular complexity index is 1140. The molecular weight excluding hydrogens is 322 g/mol. The van der Waals surface area contributed by atoms with E-state index in [-0.39, 0.29) is 0 Å². The van der Waals surface area contributed by atoms with E-state index in [0.29, 0.717) is 26.6 Å². The minimum absolute atomic E-state index is 0.306. The lowest BCUT2D eigenvalue weighted by Crippen LogP contribution is -2.33. The molecule has 0 spiro atoms. The van der Waals surface area contributed by atoms with E-state index >= 15 is 0 Å². The largest absolute Gasteiger partial charge is 0.335 e. The first-order chi connectivity index (χ1) is 10.6. The summed E-state index contributed by atoms with van der Waals surface area (Å²) in [6, 6.07) is 12.3. The van der Waals surface area contributed by atoms with Crippen LogP contribution in [0.5, 0.6) is 0 Å². The number of nitrogens with one attached hydrogen (secondary N) is 1. The highest BCUT2D eigenvalue weighted by Crippen LogP contribution is 2.28. The van der Waals surface area contributed by atoms with Gasteiger partial charge >= 0.3 is 5.69 Å². The fraction of sp³-hybridized carbons (Fsp3) is 0. The molecule has 0 atom stereocenters. The second-order valence-electron chi connectivity index (χ2n) is 4.70. The van der Waals surface area contributed by atoms with E-state index in [4.69, 9.17) is 11.6 Å². The van der Waals surface area contributed by atoms with Crippen LogP contribution in [-0.4, -0.2) is 14.5 Å². The molecule has 0 radical (unpaired) electrons. The molecule has 2 aromatic carbocycles. The molecule has 0 aliphatic rings. The summed E-state index contributed by atoms with van der Waals surface area (Å²) >= 11 is 7.35. The molecule has 0 saturated heterocycles. The Balaban J connectivity index is 2.10. The molecule has 0 fully saturated rings. The molecule has 0 aliphatic heterocycles.